The van der Waals surface area contributed by atoms with E-state index in [9.17, 15) is 9.90 Å². The first-order chi connectivity index (χ1) is 12.0. The van der Waals surface area contributed by atoms with Crippen molar-refractivity contribution in [2.45, 2.75) is 32.8 Å². The molecule has 1 aliphatic rings. The predicted octanol–water partition coefficient (Wildman–Crippen LogP) is 3.02. The van der Waals surface area contributed by atoms with Gasteiger partial charge in [0.05, 0.1) is 11.8 Å². The number of amides is 1. The maximum Gasteiger partial charge on any atom is 0.269 e. The molecule has 0 atom stereocenters. The number of rotatable bonds is 4. The molecule has 1 saturated heterocycles. The third kappa shape index (κ3) is 4.31. The highest BCUT2D eigenvalue weighted by Gasteiger charge is 2.17. The SMILES string of the molecule is Cc1ccc(C)c(NNC(=O)c2ccc(N3CCC(O)CC3)cc2)c1. The van der Waals surface area contributed by atoms with E-state index in [1.165, 1.54) is 0 Å². The third-order valence-corrected chi connectivity index (χ3v) is 4.66. The molecule has 0 radical (unpaired) electrons. The number of hydrogen-bond donors (Lipinski definition) is 3. The van der Waals surface area contributed by atoms with E-state index in [-0.39, 0.29) is 12.0 Å². The molecule has 0 unspecified atom stereocenters. The fraction of sp³-hybridized carbons (Fsp3) is 0.350. The van der Waals surface area contributed by atoms with Crippen LogP contribution in [0.15, 0.2) is 42.5 Å². The van der Waals surface area contributed by atoms with Crippen LogP contribution < -0.4 is 15.8 Å². The number of benzene rings is 2. The van der Waals surface area contributed by atoms with Gasteiger partial charge in [0, 0.05) is 24.3 Å². The Morgan fingerprint density at radius 1 is 1.08 bits per heavy atom. The molecule has 0 saturated carbocycles. The summed E-state index contributed by atoms with van der Waals surface area (Å²) in [6.45, 7) is 5.71. The number of aliphatic hydroxyl groups excluding tert-OH is 1. The molecule has 0 spiro atoms. The van der Waals surface area contributed by atoms with Crippen molar-refractivity contribution < 1.29 is 9.90 Å². The van der Waals surface area contributed by atoms with E-state index in [1.807, 2.05) is 56.3 Å². The standard InChI is InChI=1S/C20H25N3O2/c1-14-3-4-15(2)19(13-14)21-22-20(25)16-5-7-17(8-6-16)23-11-9-18(24)10-12-23/h3-8,13,18,21,24H,9-12H2,1-2H3,(H,22,25). The molecule has 1 heterocycles. The molecule has 132 valence electrons. The maximum atomic E-state index is 12.3. The van der Waals surface area contributed by atoms with Crippen LogP contribution in [-0.4, -0.2) is 30.2 Å². The number of carbonyl (C=O) groups is 1. The first-order valence-corrected chi connectivity index (χ1v) is 8.69. The van der Waals surface area contributed by atoms with Crippen molar-refractivity contribution in [2.75, 3.05) is 23.4 Å². The molecule has 3 rings (SSSR count). The van der Waals surface area contributed by atoms with Gasteiger partial charge in [0.1, 0.15) is 0 Å². The predicted molar refractivity (Wildman–Crippen MR) is 101 cm³/mol. The van der Waals surface area contributed by atoms with Crippen molar-refractivity contribution >= 4 is 17.3 Å². The summed E-state index contributed by atoms with van der Waals surface area (Å²) in [6, 6.07) is 13.7. The van der Waals surface area contributed by atoms with Gasteiger partial charge < -0.3 is 10.0 Å². The van der Waals surface area contributed by atoms with Crippen molar-refractivity contribution in [3.05, 3.63) is 59.2 Å². The highest BCUT2D eigenvalue weighted by atomic mass is 16.3. The Labute approximate surface area is 148 Å². The number of hydrogen-bond acceptors (Lipinski definition) is 4. The highest BCUT2D eigenvalue weighted by molar-refractivity contribution is 5.95. The number of aliphatic hydroxyl groups is 1. The summed E-state index contributed by atoms with van der Waals surface area (Å²) in [5.74, 6) is -0.165. The molecule has 1 aliphatic heterocycles. The Hall–Kier alpha value is -2.53. The van der Waals surface area contributed by atoms with E-state index in [1.54, 1.807) is 0 Å². The lowest BCUT2D eigenvalue weighted by Gasteiger charge is -2.31. The van der Waals surface area contributed by atoms with Crippen LogP contribution in [0, 0.1) is 13.8 Å². The van der Waals surface area contributed by atoms with Gasteiger partial charge in [-0.3, -0.25) is 15.6 Å². The molecule has 1 amide bonds. The Balaban J connectivity index is 1.60. The molecule has 5 nitrogen and oxygen atoms in total. The molecule has 3 N–H and O–H groups in total. The monoisotopic (exact) mass is 339 g/mol. The first kappa shape index (κ1) is 17.3. The van der Waals surface area contributed by atoms with Crippen LogP contribution in [0.1, 0.15) is 34.3 Å². The second-order valence-corrected chi connectivity index (χ2v) is 6.66. The smallest absolute Gasteiger partial charge is 0.269 e. The summed E-state index contributed by atoms with van der Waals surface area (Å²) < 4.78 is 0. The zero-order valence-corrected chi connectivity index (χ0v) is 14.7. The van der Waals surface area contributed by atoms with E-state index in [4.69, 9.17) is 0 Å². The minimum Gasteiger partial charge on any atom is -0.393 e. The number of anilines is 2. The fourth-order valence-corrected chi connectivity index (χ4v) is 3.01. The lowest BCUT2D eigenvalue weighted by Crippen LogP contribution is -2.35. The summed E-state index contributed by atoms with van der Waals surface area (Å²) >= 11 is 0. The molecule has 25 heavy (non-hydrogen) atoms. The molecule has 2 aromatic carbocycles. The lowest BCUT2D eigenvalue weighted by molar-refractivity contribution is 0.0962. The minimum atomic E-state index is -0.183. The van der Waals surface area contributed by atoms with Gasteiger partial charge in [-0.25, -0.2) is 0 Å². The number of carbonyl (C=O) groups excluding carboxylic acids is 1. The average Bonchev–Trinajstić information content (AvgIpc) is 2.63. The second-order valence-electron chi connectivity index (χ2n) is 6.66. The number of hydrazine groups is 1. The van der Waals surface area contributed by atoms with Gasteiger partial charge in [0.2, 0.25) is 0 Å². The molecular formula is C20H25N3O2. The van der Waals surface area contributed by atoms with Crippen LogP contribution >= 0.6 is 0 Å². The number of aryl methyl sites for hydroxylation is 2. The Morgan fingerprint density at radius 2 is 1.76 bits per heavy atom. The Bertz CT molecular complexity index is 735. The van der Waals surface area contributed by atoms with Gasteiger partial charge in [-0.2, -0.15) is 0 Å². The van der Waals surface area contributed by atoms with Crippen LogP contribution in [0.4, 0.5) is 11.4 Å². The van der Waals surface area contributed by atoms with E-state index < -0.39 is 0 Å². The molecule has 0 aromatic heterocycles. The van der Waals surface area contributed by atoms with E-state index in [2.05, 4.69) is 15.8 Å². The van der Waals surface area contributed by atoms with Crippen LogP contribution in [0.25, 0.3) is 0 Å². The second kappa shape index (κ2) is 7.57. The summed E-state index contributed by atoms with van der Waals surface area (Å²) in [4.78, 5) is 14.6. The zero-order chi connectivity index (χ0) is 17.8. The van der Waals surface area contributed by atoms with Crippen LogP contribution in [0.3, 0.4) is 0 Å². The number of nitrogens with zero attached hydrogens (tertiary/aromatic N) is 1. The summed E-state index contributed by atoms with van der Waals surface area (Å²) in [5.41, 5.74) is 10.6. The van der Waals surface area contributed by atoms with Crippen molar-refractivity contribution in [1.82, 2.24) is 5.43 Å². The van der Waals surface area contributed by atoms with Gasteiger partial charge in [-0.05, 0) is 68.1 Å². The van der Waals surface area contributed by atoms with Gasteiger partial charge in [-0.1, -0.05) is 12.1 Å². The normalized spacial score (nSPS) is 15.1. The van der Waals surface area contributed by atoms with Gasteiger partial charge in [-0.15, -0.1) is 0 Å². The maximum absolute atomic E-state index is 12.3. The summed E-state index contributed by atoms with van der Waals surface area (Å²) in [5, 5.41) is 9.59. The van der Waals surface area contributed by atoms with Crippen molar-refractivity contribution in [3.8, 4) is 0 Å². The number of nitrogens with one attached hydrogen (secondary N) is 2. The van der Waals surface area contributed by atoms with Crippen molar-refractivity contribution in [1.29, 1.82) is 0 Å². The topological polar surface area (TPSA) is 64.6 Å². The fourth-order valence-electron chi connectivity index (χ4n) is 3.01. The van der Waals surface area contributed by atoms with Crippen molar-refractivity contribution in [2.24, 2.45) is 0 Å². The van der Waals surface area contributed by atoms with Gasteiger partial charge in [0.15, 0.2) is 0 Å². The summed E-state index contributed by atoms with van der Waals surface area (Å²) in [6.07, 6.45) is 1.40. The largest absolute Gasteiger partial charge is 0.393 e. The molecule has 1 fully saturated rings. The van der Waals surface area contributed by atoms with Crippen LogP contribution in [0.5, 0.6) is 0 Å². The van der Waals surface area contributed by atoms with Crippen LogP contribution in [-0.2, 0) is 0 Å². The van der Waals surface area contributed by atoms with Crippen LogP contribution in [0.2, 0.25) is 0 Å². The highest BCUT2D eigenvalue weighted by Crippen LogP contribution is 2.21. The van der Waals surface area contributed by atoms with Crippen molar-refractivity contribution in [3.63, 3.8) is 0 Å². The van der Waals surface area contributed by atoms with E-state index in [0.717, 1.165) is 48.4 Å². The first-order valence-electron chi connectivity index (χ1n) is 8.69. The number of piperidine rings is 1. The molecule has 0 bridgehead atoms. The Morgan fingerprint density at radius 3 is 2.44 bits per heavy atom. The minimum absolute atomic E-state index is 0.165. The van der Waals surface area contributed by atoms with E-state index >= 15 is 0 Å². The van der Waals surface area contributed by atoms with E-state index in [0.29, 0.717) is 5.56 Å². The average molecular weight is 339 g/mol. The van der Waals surface area contributed by atoms with Gasteiger partial charge >= 0.3 is 0 Å². The molecule has 0 aliphatic carbocycles. The zero-order valence-electron chi connectivity index (χ0n) is 14.7. The summed E-state index contributed by atoms with van der Waals surface area (Å²) in [7, 11) is 0. The van der Waals surface area contributed by atoms with Gasteiger partial charge in [0.25, 0.3) is 5.91 Å². The third-order valence-electron chi connectivity index (χ3n) is 4.66. The molecule has 2 aromatic rings. The Kier molecular flexibility index (Phi) is 5.24. The molecular weight excluding hydrogens is 314 g/mol. The lowest BCUT2D eigenvalue weighted by atomic mass is 10.1. The molecule has 5 heteroatoms. The quantitative estimate of drug-likeness (QED) is 0.749.